The molecule has 156 valence electrons. The molecule has 2 amide bonds. The summed E-state index contributed by atoms with van der Waals surface area (Å²) in [6.45, 7) is 1.93. The van der Waals surface area contributed by atoms with Gasteiger partial charge in [0.25, 0.3) is 17.5 Å². The number of nitro benzene ring substituents is 1. The van der Waals surface area contributed by atoms with Gasteiger partial charge in [-0.15, -0.1) is 0 Å². The molecule has 8 heteroatoms. The van der Waals surface area contributed by atoms with Crippen molar-refractivity contribution in [2.24, 2.45) is 0 Å². The highest BCUT2D eigenvalue weighted by molar-refractivity contribution is 14.1. The molecule has 0 fully saturated rings. The van der Waals surface area contributed by atoms with Crippen LogP contribution < -0.4 is 10.6 Å². The van der Waals surface area contributed by atoms with E-state index in [2.05, 4.69) is 10.6 Å². The summed E-state index contributed by atoms with van der Waals surface area (Å²) >= 11 is 2.04. The second-order valence-electron chi connectivity index (χ2n) is 6.66. The molecule has 31 heavy (non-hydrogen) atoms. The number of amides is 2. The minimum absolute atomic E-state index is 0.0364. The number of nitrogens with one attached hydrogen (secondary N) is 2. The molecule has 0 bridgehead atoms. The van der Waals surface area contributed by atoms with Crippen molar-refractivity contribution in [2.75, 3.05) is 5.32 Å². The lowest BCUT2D eigenvalue weighted by Crippen LogP contribution is -2.31. The fourth-order valence-corrected chi connectivity index (χ4v) is 3.36. The van der Waals surface area contributed by atoms with Crippen LogP contribution in [0.1, 0.15) is 21.5 Å². The number of carbonyl (C=O) groups excluding carboxylic acids is 2. The molecular formula is C23H18IN3O4. The monoisotopic (exact) mass is 527 g/mol. The Morgan fingerprint density at radius 1 is 1.00 bits per heavy atom. The average Bonchev–Trinajstić information content (AvgIpc) is 2.75. The number of nitrogens with zero attached hydrogens (tertiary/aromatic N) is 1. The summed E-state index contributed by atoms with van der Waals surface area (Å²) in [5.74, 6) is -1.00. The van der Waals surface area contributed by atoms with Gasteiger partial charge in [0.15, 0.2) is 0 Å². The Balaban J connectivity index is 1.94. The molecular weight excluding hydrogens is 509 g/mol. The molecule has 0 saturated heterocycles. The van der Waals surface area contributed by atoms with Crippen molar-refractivity contribution in [3.63, 3.8) is 0 Å². The number of hydrogen-bond acceptors (Lipinski definition) is 4. The Bertz CT molecular complexity index is 1170. The van der Waals surface area contributed by atoms with Gasteiger partial charge in [0.05, 0.1) is 10.5 Å². The van der Waals surface area contributed by atoms with Crippen LogP contribution in [-0.2, 0) is 4.79 Å². The standard InChI is InChI=1S/C23H18IN3O4/c1-15-9-11-17(12-10-15)25-23(29)21(14-16-5-4-6-18(13-16)27(30)31)26-22(28)19-7-2-3-8-20(19)24/h2-14H,1H3,(H,25,29)(H,26,28). The van der Waals surface area contributed by atoms with Crippen LogP contribution in [-0.4, -0.2) is 16.7 Å². The summed E-state index contributed by atoms with van der Waals surface area (Å²) < 4.78 is 0.728. The van der Waals surface area contributed by atoms with Crippen LogP contribution in [0.2, 0.25) is 0 Å². The fourth-order valence-electron chi connectivity index (χ4n) is 2.72. The van der Waals surface area contributed by atoms with E-state index in [-0.39, 0.29) is 11.4 Å². The fraction of sp³-hybridized carbons (Fsp3) is 0.0435. The van der Waals surface area contributed by atoms with Crippen molar-refractivity contribution in [3.8, 4) is 0 Å². The molecule has 0 saturated carbocycles. The summed E-state index contributed by atoms with van der Waals surface area (Å²) in [7, 11) is 0. The predicted molar refractivity (Wildman–Crippen MR) is 128 cm³/mol. The van der Waals surface area contributed by atoms with Crippen LogP contribution in [0.25, 0.3) is 6.08 Å². The van der Waals surface area contributed by atoms with Gasteiger partial charge in [-0.25, -0.2) is 0 Å². The van der Waals surface area contributed by atoms with Crippen LogP contribution in [0.4, 0.5) is 11.4 Å². The number of non-ortho nitro benzene ring substituents is 1. The van der Waals surface area contributed by atoms with E-state index in [1.54, 1.807) is 36.4 Å². The summed E-state index contributed by atoms with van der Waals surface area (Å²) in [6.07, 6.45) is 1.41. The van der Waals surface area contributed by atoms with Gasteiger partial charge in [0, 0.05) is 21.4 Å². The van der Waals surface area contributed by atoms with Crippen LogP contribution >= 0.6 is 22.6 Å². The molecule has 3 rings (SSSR count). The first-order valence-corrected chi connectivity index (χ1v) is 10.3. The second kappa shape index (κ2) is 9.98. The van der Waals surface area contributed by atoms with Gasteiger partial charge in [-0.2, -0.15) is 0 Å². The van der Waals surface area contributed by atoms with E-state index < -0.39 is 16.7 Å². The second-order valence-corrected chi connectivity index (χ2v) is 7.83. The van der Waals surface area contributed by atoms with E-state index in [1.165, 1.54) is 24.3 Å². The largest absolute Gasteiger partial charge is 0.321 e. The Morgan fingerprint density at radius 2 is 1.71 bits per heavy atom. The van der Waals surface area contributed by atoms with E-state index in [0.29, 0.717) is 16.8 Å². The van der Waals surface area contributed by atoms with Gasteiger partial charge in [0.1, 0.15) is 5.70 Å². The highest BCUT2D eigenvalue weighted by Crippen LogP contribution is 2.18. The van der Waals surface area contributed by atoms with Crippen molar-refractivity contribution in [3.05, 3.63) is 109 Å². The molecule has 0 radical (unpaired) electrons. The molecule has 7 nitrogen and oxygen atoms in total. The number of anilines is 1. The number of aryl methyl sites for hydroxylation is 1. The summed E-state index contributed by atoms with van der Waals surface area (Å²) in [4.78, 5) is 36.3. The van der Waals surface area contributed by atoms with Crippen molar-refractivity contribution in [2.45, 2.75) is 6.92 Å². The molecule has 0 unspecified atom stereocenters. The summed E-state index contributed by atoms with van der Waals surface area (Å²) in [6, 6.07) is 20.0. The summed E-state index contributed by atoms with van der Waals surface area (Å²) in [5, 5.41) is 16.5. The zero-order chi connectivity index (χ0) is 22.4. The van der Waals surface area contributed by atoms with Crippen molar-refractivity contribution in [1.29, 1.82) is 0 Å². The molecule has 3 aromatic rings. The van der Waals surface area contributed by atoms with E-state index >= 15 is 0 Å². The molecule has 2 N–H and O–H groups in total. The van der Waals surface area contributed by atoms with Gasteiger partial charge in [0.2, 0.25) is 0 Å². The Kier molecular flexibility index (Phi) is 7.14. The first-order chi connectivity index (χ1) is 14.8. The number of halogens is 1. The lowest BCUT2D eigenvalue weighted by molar-refractivity contribution is -0.384. The smallest absolute Gasteiger partial charge is 0.272 e. The minimum atomic E-state index is -0.547. The van der Waals surface area contributed by atoms with Gasteiger partial charge >= 0.3 is 0 Å². The minimum Gasteiger partial charge on any atom is -0.321 e. The Hall–Kier alpha value is -3.53. The number of rotatable bonds is 6. The van der Waals surface area contributed by atoms with Gasteiger partial charge in [-0.3, -0.25) is 19.7 Å². The highest BCUT2D eigenvalue weighted by Gasteiger charge is 2.17. The van der Waals surface area contributed by atoms with Crippen LogP contribution in [0.3, 0.4) is 0 Å². The SMILES string of the molecule is Cc1ccc(NC(=O)C(=Cc2cccc([N+](=O)[O-])c2)NC(=O)c2ccccc2I)cc1. The molecule has 0 aliphatic rings. The molecule has 3 aromatic carbocycles. The number of benzene rings is 3. The molecule has 0 aliphatic carbocycles. The van der Waals surface area contributed by atoms with Crippen LogP contribution in [0, 0.1) is 20.6 Å². The highest BCUT2D eigenvalue weighted by atomic mass is 127. The number of hydrogen-bond donors (Lipinski definition) is 2. The normalized spacial score (nSPS) is 11.0. The first kappa shape index (κ1) is 22.2. The zero-order valence-electron chi connectivity index (χ0n) is 16.5. The van der Waals surface area contributed by atoms with Crippen molar-refractivity contribution < 1.29 is 14.5 Å². The van der Waals surface area contributed by atoms with E-state index in [1.807, 2.05) is 47.7 Å². The summed E-state index contributed by atoms with van der Waals surface area (Å²) in [5.41, 5.74) is 2.27. The van der Waals surface area contributed by atoms with Gasteiger partial charge in [-0.1, -0.05) is 42.0 Å². The van der Waals surface area contributed by atoms with Crippen LogP contribution in [0.5, 0.6) is 0 Å². The van der Waals surface area contributed by atoms with Crippen molar-refractivity contribution in [1.82, 2.24) is 5.32 Å². The topological polar surface area (TPSA) is 101 Å². The molecule has 0 aromatic heterocycles. The Labute approximate surface area is 192 Å². The quantitative estimate of drug-likeness (QED) is 0.206. The van der Waals surface area contributed by atoms with E-state index in [9.17, 15) is 19.7 Å². The number of carbonyl (C=O) groups is 2. The zero-order valence-corrected chi connectivity index (χ0v) is 18.6. The molecule has 0 aliphatic heterocycles. The Morgan fingerprint density at radius 3 is 2.39 bits per heavy atom. The third-order valence-corrected chi connectivity index (χ3v) is 5.25. The maximum atomic E-state index is 12.9. The number of nitro groups is 1. The lowest BCUT2D eigenvalue weighted by atomic mass is 10.1. The molecule has 0 heterocycles. The van der Waals surface area contributed by atoms with Gasteiger partial charge in [-0.05, 0) is 65.4 Å². The lowest BCUT2D eigenvalue weighted by Gasteiger charge is -2.12. The van der Waals surface area contributed by atoms with Gasteiger partial charge < -0.3 is 10.6 Å². The maximum absolute atomic E-state index is 12.9. The molecule has 0 spiro atoms. The van der Waals surface area contributed by atoms with Crippen molar-refractivity contribution >= 4 is 51.9 Å². The van der Waals surface area contributed by atoms with Crippen LogP contribution in [0.15, 0.2) is 78.5 Å². The third kappa shape index (κ3) is 5.98. The van der Waals surface area contributed by atoms with E-state index in [4.69, 9.17) is 0 Å². The maximum Gasteiger partial charge on any atom is 0.272 e. The third-order valence-electron chi connectivity index (χ3n) is 4.31. The average molecular weight is 527 g/mol. The first-order valence-electron chi connectivity index (χ1n) is 9.23. The predicted octanol–water partition coefficient (Wildman–Crippen LogP) is 4.92. The molecule has 0 atom stereocenters. The van der Waals surface area contributed by atoms with E-state index in [0.717, 1.165) is 9.13 Å².